The van der Waals surface area contributed by atoms with Crippen molar-refractivity contribution in [1.29, 1.82) is 0 Å². The van der Waals surface area contributed by atoms with Crippen molar-refractivity contribution in [2.75, 3.05) is 31.3 Å². The van der Waals surface area contributed by atoms with Gasteiger partial charge in [0.1, 0.15) is 48.0 Å². The van der Waals surface area contributed by atoms with Gasteiger partial charge in [-0.15, -0.1) is 0 Å². The number of imidazole rings is 2. The Balaban J connectivity index is 1.14. The van der Waals surface area contributed by atoms with E-state index in [1.165, 1.54) is 17.2 Å². The zero-order chi connectivity index (χ0) is 32.5. The van der Waals surface area contributed by atoms with Gasteiger partial charge in [0.2, 0.25) is 5.95 Å². The fourth-order valence-corrected chi connectivity index (χ4v) is 7.31. The number of hydrogen-bond donors (Lipinski definition) is 7. The van der Waals surface area contributed by atoms with Crippen LogP contribution in [0.25, 0.3) is 22.3 Å². The molecule has 3 fully saturated rings. The maximum Gasteiger partial charge on any atom is 0.472 e. The Labute approximate surface area is 255 Å². The number of phosphoric ester groups is 1. The van der Waals surface area contributed by atoms with Crippen LogP contribution in [0.1, 0.15) is 12.5 Å². The molecule has 6 unspecified atom stereocenters. The number of fused-ring (bicyclic) bond motifs is 4. The van der Waals surface area contributed by atoms with Crippen molar-refractivity contribution in [3.63, 3.8) is 0 Å². The number of nitrogens with two attached hydrogens (primary N) is 2. The first kappa shape index (κ1) is 31.2. The van der Waals surface area contributed by atoms with Gasteiger partial charge in [0, 0.05) is 0 Å². The molecule has 9 N–H and O–H groups in total. The van der Waals surface area contributed by atoms with E-state index in [1.807, 2.05) is 0 Å². The molecule has 3 saturated heterocycles. The Morgan fingerprint density at radius 3 is 2.63 bits per heavy atom. The predicted molar refractivity (Wildman–Crippen MR) is 149 cm³/mol. The summed E-state index contributed by atoms with van der Waals surface area (Å²) >= 11 is 0. The maximum absolute atomic E-state index is 13.4. The number of aromatic amines is 1. The molecule has 7 heterocycles. The van der Waals surface area contributed by atoms with E-state index in [-0.39, 0.29) is 40.7 Å². The van der Waals surface area contributed by atoms with Crippen molar-refractivity contribution in [3.8, 4) is 0 Å². The van der Waals surface area contributed by atoms with Gasteiger partial charge in [0.05, 0.1) is 32.5 Å². The summed E-state index contributed by atoms with van der Waals surface area (Å²) in [6.07, 6.45) is -5.80. The van der Waals surface area contributed by atoms with Crippen LogP contribution in [0.2, 0.25) is 0 Å². The highest BCUT2D eigenvalue weighted by Gasteiger charge is 2.65. The number of H-pyrrole nitrogens is 1. The second-order valence-electron chi connectivity index (χ2n) is 10.6. The molecular formula is C21H26N10O13P2. The highest BCUT2D eigenvalue weighted by Crippen LogP contribution is 2.54. The molecule has 23 nitrogen and oxygen atoms in total. The molecule has 10 atom stereocenters. The third kappa shape index (κ3) is 5.10. The quantitative estimate of drug-likeness (QED) is 0.0834. The van der Waals surface area contributed by atoms with Crippen LogP contribution < -0.4 is 17.0 Å². The molecule has 46 heavy (non-hydrogen) atoms. The van der Waals surface area contributed by atoms with E-state index < -0.39 is 83.4 Å². The predicted octanol–water partition coefficient (Wildman–Crippen LogP) is -2.69. The number of ether oxygens (including phenoxy) is 3. The number of nitrogens with one attached hydrogen (secondary N) is 1. The molecular weight excluding hydrogens is 662 g/mol. The standard InChI is InChI=1S/C21H26N10O13P2/c22-14-8-15(25-4-24-14)30(5-26-8)19-12-13(43-45(35)36)21(42-19,2-39-12)3-40-46(37,38)44-11-10(33)7(1-32)41-18(11)31-6-27-9-16(31)28-20(23)29-17(9)34/h4-7,10-13,18-19,32-33,45H,1-3H2,(H,35,36)(H,37,38)(H2,22,24,25)(H3,23,28,29,34)/t7-,10?,11?,12?,13?,18-,19-,21-/m1/s1. The van der Waals surface area contributed by atoms with Crippen molar-refractivity contribution in [3.05, 3.63) is 29.3 Å². The van der Waals surface area contributed by atoms with E-state index in [0.29, 0.717) is 0 Å². The van der Waals surface area contributed by atoms with Crippen LogP contribution in [0, 0.1) is 0 Å². The first-order valence-corrected chi connectivity index (χ1v) is 16.1. The van der Waals surface area contributed by atoms with Gasteiger partial charge in [-0.1, -0.05) is 0 Å². The minimum atomic E-state index is -5.16. The van der Waals surface area contributed by atoms with E-state index in [4.69, 9.17) is 39.2 Å². The normalized spacial score (nSPS) is 32.8. The topological polar surface area (TPSA) is 330 Å². The molecule has 4 aromatic heterocycles. The first-order chi connectivity index (χ1) is 21.9. The Kier molecular flexibility index (Phi) is 7.70. The lowest BCUT2D eigenvalue weighted by Gasteiger charge is -2.32. The summed E-state index contributed by atoms with van der Waals surface area (Å²) < 4.78 is 61.3. The molecule has 7 rings (SSSR count). The highest BCUT2D eigenvalue weighted by atomic mass is 31.2. The van der Waals surface area contributed by atoms with Gasteiger partial charge in [-0.2, -0.15) is 4.98 Å². The van der Waals surface area contributed by atoms with E-state index >= 15 is 0 Å². The van der Waals surface area contributed by atoms with Gasteiger partial charge in [0.15, 0.2) is 35.1 Å². The molecule has 0 saturated carbocycles. The largest absolute Gasteiger partial charge is 0.472 e. The third-order valence-corrected chi connectivity index (χ3v) is 9.23. The second-order valence-corrected chi connectivity index (χ2v) is 12.7. The van der Waals surface area contributed by atoms with Crippen LogP contribution >= 0.6 is 16.1 Å². The van der Waals surface area contributed by atoms with E-state index in [2.05, 4.69) is 29.9 Å². The molecule has 0 radical (unpaired) electrons. The zero-order valence-electron chi connectivity index (χ0n) is 23.1. The average Bonchev–Trinajstić information content (AvgIpc) is 3.81. The number of phosphoric acid groups is 1. The summed E-state index contributed by atoms with van der Waals surface area (Å²) in [5, 5.41) is 20.6. The molecule has 4 aromatic rings. The molecule has 3 aliphatic heterocycles. The fourth-order valence-electron chi connectivity index (χ4n) is 5.77. The van der Waals surface area contributed by atoms with Crippen LogP contribution in [0.15, 0.2) is 23.8 Å². The lowest BCUT2D eigenvalue weighted by atomic mass is 10.0. The van der Waals surface area contributed by atoms with E-state index in [0.717, 1.165) is 10.9 Å². The molecule has 3 aliphatic rings. The van der Waals surface area contributed by atoms with Crippen molar-refractivity contribution in [2.24, 2.45) is 0 Å². The number of hydrogen-bond acceptors (Lipinski definition) is 18. The summed E-state index contributed by atoms with van der Waals surface area (Å²) in [5.74, 6) is -0.176. The molecule has 2 bridgehead atoms. The highest BCUT2D eigenvalue weighted by molar-refractivity contribution is 7.47. The first-order valence-electron chi connectivity index (χ1n) is 13.4. The van der Waals surface area contributed by atoms with Gasteiger partial charge in [-0.05, 0) is 0 Å². The summed E-state index contributed by atoms with van der Waals surface area (Å²) in [7, 11) is -8.74. The Bertz CT molecular complexity index is 1940. The number of nitrogens with zero attached hydrogens (tertiary/aromatic N) is 7. The molecule has 248 valence electrons. The smallest absolute Gasteiger partial charge is 0.394 e. The van der Waals surface area contributed by atoms with E-state index in [9.17, 15) is 33.9 Å². The number of aliphatic hydroxyl groups excluding tert-OH is 2. The molecule has 0 aliphatic carbocycles. The Morgan fingerprint density at radius 1 is 1.15 bits per heavy atom. The molecule has 0 spiro atoms. The summed E-state index contributed by atoms with van der Waals surface area (Å²) in [6.45, 7) is -1.77. The fraction of sp³-hybridized carbons (Fsp3) is 0.524. The van der Waals surface area contributed by atoms with Crippen LogP contribution in [0.4, 0.5) is 11.8 Å². The van der Waals surface area contributed by atoms with Gasteiger partial charge in [0.25, 0.3) is 5.56 Å². The van der Waals surface area contributed by atoms with Crippen molar-refractivity contribution in [1.82, 2.24) is 39.0 Å². The maximum atomic E-state index is 13.4. The average molecular weight is 688 g/mol. The zero-order valence-corrected chi connectivity index (χ0v) is 25.0. The third-order valence-electron chi connectivity index (χ3n) is 7.81. The summed E-state index contributed by atoms with van der Waals surface area (Å²) in [5.41, 5.74) is 9.39. The second kappa shape index (κ2) is 11.4. The van der Waals surface area contributed by atoms with Gasteiger partial charge < -0.3 is 50.2 Å². The van der Waals surface area contributed by atoms with Crippen molar-refractivity contribution in [2.45, 2.75) is 48.6 Å². The monoisotopic (exact) mass is 688 g/mol. The molecule has 25 heteroatoms. The van der Waals surface area contributed by atoms with Crippen molar-refractivity contribution < 1.29 is 56.9 Å². The van der Waals surface area contributed by atoms with E-state index in [1.54, 1.807) is 0 Å². The van der Waals surface area contributed by atoms with Gasteiger partial charge in [-0.3, -0.25) is 32.5 Å². The van der Waals surface area contributed by atoms with Crippen LogP contribution in [-0.4, -0.2) is 115 Å². The lowest BCUT2D eigenvalue weighted by Crippen LogP contribution is -2.45. The SMILES string of the molecule is Nc1nc2c(ncn2[C@@H]2O[C@H](CO)C(O)C2OP(=O)(O)OC[C@]23COC(C2O[PH](=O)O)[C@H](n2cnc4c(N)ncnc42)O3)c(=O)[nH]1. The summed E-state index contributed by atoms with van der Waals surface area (Å²) in [6, 6.07) is 0. The number of anilines is 2. The van der Waals surface area contributed by atoms with Crippen LogP contribution in [0.5, 0.6) is 0 Å². The lowest BCUT2D eigenvalue weighted by molar-refractivity contribution is -0.184. The van der Waals surface area contributed by atoms with Crippen LogP contribution in [0.3, 0.4) is 0 Å². The van der Waals surface area contributed by atoms with Gasteiger partial charge in [-0.25, -0.2) is 24.5 Å². The number of aliphatic hydroxyl groups is 2. The molecule has 0 aromatic carbocycles. The minimum absolute atomic E-state index is 0.0898. The van der Waals surface area contributed by atoms with Crippen molar-refractivity contribution >= 4 is 50.2 Å². The summed E-state index contributed by atoms with van der Waals surface area (Å²) in [4.78, 5) is 55.2. The molecule has 0 amide bonds. The van der Waals surface area contributed by atoms with Gasteiger partial charge >= 0.3 is 16.1 Å². The Morgan fingerprint density at radius 2 is 1.89 bits per heavy atom. The number of nitrogen functional groups attached to an aromatic ring is 2. The Hall–Kier alpha value is -3.44. The number of aromatic nitrogens is 8. The minimum Gasteiger partial charge on any atom is -0.394 e. The number of rotatable bonds is 10. The van der Waals surface area contributed by atoms with Crippen LogP contribution in [-0.2, 0) is 36.9 Å².